The third-order valence-corrected chi connectivity index (χ3v) is 8.13. The van der Waals surface area contributed by atoms with Gasteiger partial charge in [-0.15, -0.1) is 11.3 Å². The summed E-state index contributed by atoms with van der Waals surface area (Å²) < 4.78 is 29.7. The smallest absolute Gasteiger partial charge is 0.263 e. The normalized spacial score (nSPS) is 22.3. The zero-order valence-corrected chi connectivity index (χ0v) is 16.6. The molecule has 0 spiro atoms. The average Bonchev–Trinajstić information content (AvgIpc) is 3.22. The Hall–Kier alpha value is -2.09. The number of fused-ring (bicyclic) bond motifs is 4. The lowest BCUT2D eigenvalue weighted by molar-refractivity contribution is 0.245. The molecule has 27 heavy (non-hydrogen) atoms. The van der Waals surface area contributed by atoms with Crippen LogP contribution in [0.1, 0.15) is 17.9 Å². The third kappa shape index (κ3) is 2.90. The van der Waals surface area contributed by atoms with Gasteiger partial charge >= 0.3 is 0 Å². The number of anilines is 2. The number of likely N-dealkylation sites (tertiary alicyclic amines) is 1. The number of nitrogens with zero attached hydrogens (tertiary/aromatic N) is 1. The topological polar surface area (TPSA) is 61.4 Å². The van der Waals surface area contributed by atoms with Crippen LogP contribution in [0.15, 0.2) is 52.7 Å². The third-order valence-electron chi connectivity index (χ3n) is 5.60. The second-order valence-corrected chi connectivity index (χ2v) is 9.97. The van der Waals surface area contributed by atoms with Gasteiger partial charge in [0, 0.05) is 45.3 Å². The van der Waals surface area contributed by atoms with Gasteiger partial charge in [-0.05, 0) is 49.8 Å². The predicted octanol–water partition coefficient (Wildman–Crippen LogP) is 3.92. The molecule has 2 N–H and O–H groups in total. The maximum Gasteiger partial charge on any atom is 0.263 e. The Kier molecular flexibility index (Phi) is 3.93. The van der Waals surface area contributed by atoms with E-state index in [1.165, 1.54) is 16.9 Å². The van der Waals surface area contributed by atoms with E-state index in [0.29, 0.717) is 22.5 Å². The Bertz CT molecular complexity index is 1120. The van der Waals surface area contributed by atoms with Crippen molar-refractivity contribution in [3.05, 3.63) is 53.4 Å². The molecule has 5 nitrogen and oxygen atoms in total. The maximum atomic E-state index is 13.0. The number of piperidine rings is 1. The molecule has 2 aliphatic heterocycles. The zero-order chi connectivity index (χ0) is 18.6. The fourth-order valence-electron chi connectivity index (χ4n) is 4.27. The first-order chi connectivity index (χ1) is 13.0. The van der Waals surface area contributed by atoms with Crippen molar-refractivity contribution in [1.29, 1.82) is 0 Å². The fraction of sp³-hybridized carbons (Fsp3) is 0.300. The van der Waals surface area contributed by atoms with E-state index in [4.69, 9.17) is 0 Å². The Morgan fingerprint density at radius 2 is 2.07 bits per heavy atom. The number of likely N-dealkylation sites (N-methyl/N-ethyl adjacent to an activating group) is 1. The van der Waals surface area contributed by atoms with Crippen molar-refractivity contribution in [2.75, 3.05) is 30.2 Å². The van der Waals surface area contributed by atoms with Crippen LogP contribution in [0.5, 0.6) is 0 Å². The van der Waals surface area contributed by atoms with Crippen molar-refractivity contribution in [3.63, 3.8) is 0 Å². The standard InChI is InChI=1S/C20H21N3O2S2/c1-23-9-8-14-16-10-13(6-7-17(16)21-18(14)11-23)22-27(24,25)20-12-26-19-5-3-2-4-15(19)20/h2-7,10,12,14,18,21-22H,8-9,11H2,1H3. The summed E-state index contributed by atoms with van der Waals surface area (Å²) in [5.41, 5.74) is 2.98. The fourth-order valence-corrected chi connectivity index (χ4v) is 6.82. The van der Waals surface area contributed by atoms with Crippen LogP contribution in [-0.4, -0.2) is 39.5 Å². The van der Waals surface area contributed by atoms with E-state index in [-0.39, 0.29) is 0 Å². The summed E-state index contributed by atoms with van der Waals surface area (Å²) in [6.45, 7) is 2.08. The van der Waals surface area contributed by atoms with Crippen molar-refractivity contribution in [2.45, 2.75) is 23.3 Å². The zero-order valence-electron chi connectivity index (χ0n) is 15.0. The van der Waals surface area contributed by atoms with Gasteiger partial charge in [0.25, 0.3) is 10.0 Å². The summed E-state index contributed by atoms with van der Waals surface area (Å²) in [6, 6.07) is 13.9. The van der Waals surface area contributed by atoms with Gasteiger partial charge in [-0.25, -0.2) is 8.42 Å². The van der Waals surface area contributed by atoms with E-state index < -0.39 is 10.0 Å². The minimum absolute atomic E-state index is 0.346. The highest BCUT2D eigenvalue weighted by Crippen LogP contribution is 2.42. The molecule has 0 saturated carbocycles. The molecule has 2 unspecified atom stereocenters. The van der Waals surface area contributed by atoms with Gasteiger partial charge in [0.05, 0.1) is 0 Å². The summed E-state index contributed by atoms with van der Waals surface area (Å²) in [6.07, 6.45) is 1.09. The van der Waals surface area contributed by atoms with Gasteiger partial charge in [-0.3, -0.25) is 4.72 Å². The van der Waals surface area contributed by atoms with Gasteiger partial charge in [0.2, 0.25) is 0 Å². The first kappa shape index (κ1) is 17.0. The van der Waals surface area contributed by atoms with Crippen molar-refractivity contribution in [1.82, 2.24) is 4.90 Å². The summed E-state index contributed by atoms with van der Waals surface area (Å²) in [5, 5.41) is 6.08. The molecule has 2 aromatic carbocycles. The number of hydrogen-bond acceptors (Lipinski definition) is 5. The maximum absolute atomic E-state index is 13.0. The van der Waals surface area contributed by atoms with Gasteiger partial charge in [0.1, 0.15) is 4.90 Å². The van der Waals surface area contributed by atoms with Crippen molar-refractivity contribution >= 4 is 42.8 Å². The Labute approximate surface area is 163 Å². The summed E-state index contributed by atoms with van der Waals surface area (Å²) in [4.78, 5) is 2.68. The van der Waals surface area contributed by atoms with Crippen LogP contribution in [0.4, 0.5) is 11.4 Å². The van der Waals surface area contributed by atoms with Crippen molar-refractivity contribution in [3.8, 4) is 0 Å². The van der Waals surface area contributed by atoms with Crippen LogP contribution >= 0.6 is 11.3 Å². The summed E-state index contributed by atoms with van der Waals surface area (Å²) in [5.74, 6) is 0.447. The molecule has 3 heterocycles. The molecule has 0 amide bonds. The Morgan fingerprint density at radius 1 is 1.22 bits per heavy atom. The molecule has 2 aliphatic rings. The lowest BCUT2D eigenvalue weighted by Crippen LogP contribution is -2.41. The molecule has 0 aliphatic carbocycles. The molecule has 0 radical (unpaired) electrons. The van der Waals surface area contributed by atoms with Crippen LogP contribution < -0.4 is 10.0 Å². The largest absolute Gasteiger partial charge is 0.380 e. The van der Waals surface area contributed by atoms with Gasteiger partial charge in [-0.2, -0.15) is 0 Å². The molecular weight excluding hydrogens is 378 g/mol. The Morgan fingerprint density at radius 3 is 2.96 bits per heavy atom. The van der Waals surface area contributed by atoms with E-state index >= 15 is 0 Å². The number of nitrogens with one attached hydrogen (secondary N) is 2. The van der Waals surface area contributed by atoms with E-state index in [9.17, 15) is 8.42 Å². The quantitative estimate of drug-likeness (QED) is 0.701. The number of sulfonamides is 1. The van der Waals surface area contributed by atoms with Crippen molar-refractivity contribution in [2.24, 2.45) is 0 Å². The molecule has 0 bridgehead atoms. The van der Waals surface area contributed by atoms with Crippen molar-refractivity contribution < 1.29 is 8.42 Å². The number of benzene rings is 2. The lowest BCUT2D eigenvalue weighted by atomic mass is 9.88. The molecule has 2 atom stereocenters. The van der Waals surface area contributed by atoms with Crippen LogP contribution in [0.3, 0.4) is 0 Å². The Balaban J connectivity index is 1.46. The van der Waals surface area contributed by atoms with Crippen LogP contribution in [0.2, 0.25) is 0 Å². The monoisotopic (exact) mass is 399 g/mol. The lowest BCUT2D eigenvalue weighted by Gasteiger charge is -2.32. The minimum Gasteiger partial charge on any atom is -0.380 e. The van der Waals surface area contributed by atoms with E-state index in [2.05, 4.69) is 22.0 Å². The van der Waals surface area contributed by atoms with Crippen LogP contribution in [0.25, 0.3) is 10.1 Å². The first-order valence-electron chi connectivity index (χ1n) is 9.09. The van der Waals surface area contributed by atoms with Crippen LogP contribution in [-0.2, 0) is 10.0 Å². The number of rotatable bonds is 3. The van der Waals surface area contributed by atoms with E-state index in [1.807, 2.05) is 42.5 Å². The average molecular weight is 400 g/mol. The molecule has 5 rings (SSSR count). The molecule has 1 fully saturated rings. The molecule has 3 aromatic rings. The number of thiophene rings is 1. The number of hydrogen-bond donors (Lipinski definition) is 2. The molecular formula is C20H21N3O2S2. The second-order valence-electron chi connectivity index (χ2n) is 7.41. The highest BCUT2D eigenvalue weighted by molar-refractivity contribution is 7.93. The van der Waals surface area contributed by atoms with E-state index in [1.54, 1.807) is 5.38 Å². The highest BCUT2D eigenvalue weighted by atomic mass is 32.2. The first-order valence-corrected chi connectivity index (χ1v) is 11.5. The summed E-state index contributed by atoms with van der Waals surface area (Å²) >= 11 is 1.45. The van der Waals surface area contributed by atoms with Crippen LogP contribution in [0, 0.1) is 0 Å². The van der Waals surface area contributed by atoms with Gasteiger partial charge < -0.3 is 10.2 Å². The second kappa shape index (κ2) is 6.22. The molecule has 140 valence electrons. The minimum atomic E-state index is -3.62. The molecule has 1 aromatic heterocycles. The highest BCUT2D eigenvalue weighted by Gasteiger charge is 2.36. The van der Waals surface area contributed by atoms with Gasteiger partial charge in [0.15, 0.2) is 0 Å². The SMILES string of the molecule is CN1CCC2c3cc(NS(=O)(=O)c4csc5ccccc45)ccc3NC2C1. The summed E-state index contributed by atoms with van der Waals surface area (Å²) in [7, 11) is -1.48. The molecule has 7 heteroatoms. The predicted molar refractivity (Wildman–Crippen MR) is 111 cm³/mol. The van der Waals surface area contributed by atoms with E-state index in [0.717, 1.165) is 35.3 Å². The van der Waals surface area contributed by atoms with Gasteiger partial charge in [-0.1, -0.05) is 18.2 Å². The molecule has 1 saturated heterocycles.